The predicted octanol–water partition coefficient (Wildman–Crippen LogP) is 2.49. The van der Waals surface area contributed by atoms with Gasteiger partial charge in [-0.15, -0.1) is 0 Å². The zero-order valence-corrected chi connectivity index (χ0v) is 15.0. The lowest BCUT2D eigenvalue weighted by molar-refractivity contribution is -0.146. The molecule has 0 aliphatic carbocycles. The molecule has 1 aromatic carbocycles. The third-order valence-corrected chi connectivity index (χ3v) is 4.28. The van der Waals surface area contributed by atoms with Crippen LogP contribution in [0.5, 0.6) is 0 Å². The minimum atomic E-state index is -0.644. The monoisotopic (exact) mass is 347 g/mol. The summed E-state index contributed by atoms with van der Waals surface area (Å²) in [4.78, 5) is 38.3. The Balaban J connectivity index is 2.15. The van der Waals surface area contributed by atoms with Gasteiger partial charge in [0.1, 0.15) is 6.04 Å². The van der Waals surface area contributed by atoms with Crippen molar-refractivity contribution in [2.45, 2.75) is 46.1 Å². The van der Waals surface area contributed by atoms with E-state index in [2.05, 4.69) is 0 Å². The zero-order chi connectivity index (χ0) is 18.4. The Morgan fingerprint density at radius 1 is 1.16 bits per heavy atom. The average Bonchev–Trinajstić information content (AvgIpc) is 2.99. The summed E-state index contributed by atoms with van der Waals surface area (Å²) in [5.74, 6) is -1.28. The number of hydrogen-bond acceptors (Lipinski definition) is 5. The minimum absolute atomic E-state index is 0.174. The van der Waals surface area contributed by atoms with Crippen molar-refractivity contribution in [2.24, 2.45) is 5.92 Å². The normalized spacial score (nSPS) is 16.9. The van der Waals surface area contributed by atoms with Crippen molar-refractivity contribution < 1.29 is 23.9 Å². The Bertz CT molecular complexity index is 642. The average molecular weight is 347 g/mol. The highest BCUT2D eigenvalue weighted by Gasteiger charge is 2.40. The number of fused-ring (bicyclic) bond motifs is 1. The number of carbonyl (C=O) groups is 3. The van der Waals surface area contributed by atoms with Gasteiger partial charge in [0.25, 0.3) is 0 Å². The van der Waals surface area contributed by atoms with E-state index in [1.54, 1.807) is 20.8 Å². The number of hydrogen-bond donors (Lipinski definition) is 0. The predicted molar refractivity (Wildman–Crippen MR) is 93.1 cm³/mol. The molecule has 6 nitrogen and oxygen atoms in total. The van der Waals surface area contributed by atoms with E-state index in [-0.39, 0.29) is 24.9 Å². The molecule has 0 saturated heterocycles. The van der Waals surface area contributed by atoms with Gasteiger partial charge in [-0.25, -0.2) is 4.79 Å². The van der Waals surface area contributed by atoms with E-state index in [1.807, 2.05) is 24.3 Å². The van der Waals surface area contributed by atoms with Crippen LogP contribution in [0.25, 0.3) is 0 Å². The molecule has 0 unspecified atom stereocenters. The van der Waals surface area contributed by atoms with Crippen molar-refractivity contribution >= 4 is 23.5 Å². The summed E-state index contributed by atoms with van der Waals surface area (Å²) in [6.45, 7) is 5.86. The van der Waals surface area contributed by atoms with Crippen LogP contribution in [0.1, 0.15) is 39.2 Å². The van der Waals surface area contributed by atoms with Crippen LogP contribution in [0.3, 0.4) is 0 Å². The molecule has 0 fully saturated rings. The summed E-state index contributed by atoms with van der Waals surface area (Å²) in [6.07, 6.45) is 1.01. The number of nitrogens with zero attached hydrogens (tertiary/aromatic N) is 1. The molecule has 6 heteroatoms. The second-order valence-corrected chi connectivity index (χ2v) is 6.05. The molecule has 1 aliphatic rings. The van der Waals surface area contributed by atoms with Gasteiger partial charge in [0.2, 0.25) is 5.91 Å². The van der Waals surface area contributed by atoms with Crippen molar-refractivity contribution in [3.8, 4) is 0 Å². The summed E-state index contributed by atoms with van der Waals surface area (Å²) >= 11 is 0. The van der Waals surface area contributed by atoms with Crippen LogP contribution in [0, 0.1) is 5.92 Å². The first-order valence-corrected chi connectivity index (χ1v) is 8.72. The quantitative estimate of drug-likeness (QED) is 0.709. The van der Waals surface area contributed by atoms with E-state index in [0.29, 0.717) is 19.4 Å². The molecule has 1 amide bonds. The van der Waals surface area contributed by atoms with Crippen molar-refractivity contribution in [3.05, 3.63) is 29.8 Å². The first-order valence-electron chi connectivity index (χ1n) is 8.72. The maximum atomic E-state index is 13.0. The lowest BCUT2D eigenvalue weighted by Crippen LogP contribution is -2.46. The molecule has 1 aliphatic heterocycles. The standard InChI is InChI=1S/C19H25NO5/c1-4-24-17(21)11-10-13(3)18(22)20-15-9-7-6-8-14(15)12-16(20)19(23)25-5-2/h6-9,13,16H,4-5,10-12H2,1-3H3/t13-,16+/m1/s1. The van der Waals surface area contributed by atoms with E-state index in [1.165, 1.54) is 4.90 Å². The molecule has 2 atom stereocenters. The first-order chi connectivity index (χ1) is 12.0. The Kier molecular flexibility index (Phi) is 6.56. The van der Waals surface area contributed by atoms with E-state index in [9.17, 15) is 14.4 Å². The first kappa shape index (κ1) is 19.0. The Morgan fingerprint density at radius 3 is 2.52 bits per heavy atom. The van der Waals surface area contributed by atoms with Crippen LogP contribution in [0.15, 0.2) is 24.3 Å². The maximum Gasteiger partial charge on any atom is 0.329 e. The van der Waals surface area contributed by atoms with Gasteiger partial charge in [0.15, 0.2) is 0 Å². The van der Waals surface area contributed by atoms with Gasteiger partial charge in [-0.3, -0.25) is 14.5 Å². The number of carbonyl (C=O) groups excluding carboxylic acids is 3. The summed E-state index contributed by atoms with van der Waals surface area (Å²) in [7, 11) is 0. The van der Waals surface area contributed by atoms with E-state index in [4.69, 9.17) is 9.47 Å². The fraction of sp³-hybridized carbons (Fsp3) is 0.526. The summed E-state index contributed by atoms with van der Waals surface area (Å²) < 4.78 is 10.0. The smallest absolute Gasteiger partial charge is 0.329 e. The highest BCUT2D eigenvalue weighted by molar-refractivity contribution is 6.03. The highest BCUT2D eigenvalue weighted by atomic mass is 16.5. The van der Waals surface area contributed by atoms with Crippen LogP contribution in [0.2, 0.25) is 0 Å². The van der Waals surface area contributed by atoms with Gasteiger partial charge in [0, 0.05) is 24.4 Å². The summed E-state index contributed by atoms with van der Waals surface area (Å²) in [5.41, 5.74) is 1.69. The second-order valence-electron chi connectivity index (χ2n) is 6.05. The lowest BCUT2D eigenvalue weighted by Gasteiger charge is -2.27. The second kappa shape index (κ2) is 8.65. The van der Waals surface area contributed by atoms with Crippen LogP contribution in [0.4, 0.5) is 5.69 Å². The number of esters is 2. The molecular weight excluding hydrogens is 322 g/mol. The molecular formula is C19H25NO5. The van der Waals surface area contributed by atoms with Crippen LogP contribution < -0.4 is 4.90 Å². The molecule has 0 saturated carbocycles. The Labute approximate surface area is 148 Å². The topological polar surface area (TPSA) is 72.9 Å². The fourth-order valence-electron chi connectivity index (χ4n) is 3.01. The fourth-order valence-corrected chi connectivity index (χ4v) is 3.01. The Morgan fingerprint density at radius 2 is 1.84 bits per heavy atom. The third kappa shape index (κ3) is 4.38. The lowest BCUT2D eigenvalue weighted by atomic mass is 10.0. The number of amides is 1. The van der Waals surface area contributed by atoms with E-state index >= 15 is 0 Å². The van der Waals surface area contributed by atoms with Gasteiger partial charge in [0.05, 0.1) is 13.2 Å². The van der Waals surface area contributed by atoms with Gasteiger partial charge in [-0.05, 0) is 31.9 Å². The van der Waals surface area contributed by atoms with Crippen molar-refractivity contribution in [3.63, 3.8) is 0 Å². The van der Waals surface area contributed by atoms with Gasteiger partial charge < -0.3 is 9.47 Å². The molecule has 136 valence electrons. The number of ether oxygens (including phenoxy) is 2. The molecule has 0 N–H and O–H groups in total. The van der Waals surface area contributed by atoms with Crippen LogP contribution >= 0.6 is 0 Å². The molecule has 25 heavy (non-hydrogen) atoms. The van der Waals surface area contributed by atoms with Crippen LogP contribution in [-0.4, -0.2) is 37.1 Å². The largest absolute Gasteiger partial charge is 0.466 e. The molecule has 0 radical (unpaired) electrons. The molecule has 2 rings (SSSR count). The molecule has 0 aromatic heterocycles. The van der Waals surface area contributed by atoms with E-state index in [0.717, 1.165) is 11.3 Å². The van der Waals surface area contributed by atoms with Gasteiger partial charge >= 0.3 is 11.9 Å². The van der Waals surface area contributed by atoms with Crippen molar-refractivity contribution in [1.29, 1.82) is 0 Å². The third-order valence-electron chi connectivity index (χ3n) is 4.28. The maximum absolute atomic E-state index is 13.0. The zero-order valence-electron chi connectivity index (χ0n) is 15.0. The molecule has 1 aromatic rings. The van der Waals surface area contributed by atoms with Gasteiger partial charge in [-0.2, -0.15) is 0 Å². The molecule has 0 bridgehead atoms. The number of anilines is 1. The van der Waals surface area contributed by atoms with Crippen molar-refractivity contribution in [2.75, 3.05) is 18.1 Å². The SMILES string of the molecule is CCOC(=O)CC[C@@H](C)C(=O)N1c2ccccc2C[C@H]1C(=O)OCC. The summed E-state index contributed by atoms with van der Waals surface area (Å²) in [6, 6.07) is 6.84. The molecule has 0 spiro atoms. The Hall–Kier alpha value is -2.37. The molecule has 1 heterocycles. The summed E-state index contributed by atoms with van der Waals surface area (Å²) in [5, 5.41) is 0. The number of benzene rings is 1. The van der Waals surface area contributed by atoms with E-state index < -0.39 is 17.9 Å². The number of para-hydroxylation sites is 1. The number of rotatable bonds is 7. The van der Waals surface area contributed by atoms with Gasteiger partial charge in [-0.1, -0.05) is 25.1 Å². The minimum Gasteiger partial charge on any atom is -0.466 e. The van der Waals surface area contributed by atoms with Crippen LogP contribution in [-0.2, 0) is 30.3 Å². The highest BCUT2D eigenvalue weighted by Crippen LogP contribution is 2.34. The van der Waals surface area contributed by atoms with Crippen molar-refractivity contribution in [1.82, 2.24) is 0 Å².